The topological polar surface area (TPSA) is 24.9 Å². The van der Waals surface area contributed by atoms with Crippen molar-refractivity contribution in [3.8, 4) is 0 Å². The first-order valence-electron chi connectivity index (χ1n) is 5.50. The van der Waals surface area contributed by atoms with Gasteiger partial charge in [0, 0.05) is 12.4 Å². The van der Waals surface area contributed by atoms with Gasteiger partial charge in [-0.05, 0) is 35.9 Å². The van der Waals surface area contributed by atoms with Crippen molar-refractivity contribution < 1.29 is 4.39 Å². The molecular weight excluding hydrogens is 251 g/mol. The molecule has 3 rings (SSSR count). The van der Waals surface area contributed by atoms with E-state index >= 15 is 0 Å². The maximum absolute atomic E-state index is 13.5. The molecule has 2 nitrogen and oxygen atoms in total. The van der Waals surface area contributed by atoms with Gasteiger partial charge in [0.15, 0.2) is 0 Å². The monoisotopic (exact) mass is 259 g/mol. The van der Waals surface area contributed by atoms with Crippen LogP contribution in [0.2, 0.25) is 5.02 Å². The van der Waals surface area contributed by atoms with Gasteiger partial charge in [0.25, 0.3) is 0 Å². The SMILES string of the molecule is Fc1cc(Cl)c2c(c1)C(c1ccccn1)[C]=CN2. The minimum absolute atomic E-state index is 0.198. The fourth-order valence-electron chi connectivity index (χ4n) is 2.05. The number of anilines is 1. The van der Waals surface area contributed by atoms with Gasteiger partial charge in [0.05, 0.1) is 22.3 Å². The Kier molecular flexibility index (Phi) is 2.76. The number of benzene rings is 1. The number of hydrogen-bond donors (Lipinski definition) is 1. The summed E-state index contributed by atoms with van der Waals surface area (Å²) in [5.41, 5.74) is 2.28. The molecule has 18 heavy (non-hydrogen) atoms. The quantitative estimate of drug-likeness (QED) is 0.844. The van der Waals surface area contributed by atoms with Crippen LogP contribution < -0.4 is 5.32 Å². The summed E-state index contributed by atoms with van der Waals surface area (Å²) in [6.45, 7) is 0. The van der Waals surface area contributed by atoms with E-state index in [0.29, 0.717) is 10.7 Å². The van der Waals surface area contributed by atoms with Gasteiger partial charge in [-0.2, -0.15) is 0 Å². The van der Waals surface area contributed by atoms with Crippen LogP contribution in [0, 0.1) is 11.9 Å². The Balaban J connectivity index is 2.15. The summed E-state index contributed by atoms with van der Waals surface area (Å²) >= 11 is 6.03. The third-order valence-electron chi connectivity index (χ3n) is 2.85. The van der Waals surface area contributed by atoms with Crippen molar-refractivity contribution in [3.05, 3.63) is 70.9 Å². The molecule has 0 spiro atoms. The van der Waals surface area contributed by atoms with E-state index in [9.17, 15) is 4.39 Å². The Bertz CT molecular complexity index is 611. The molecule has 1 aromatic carbocycles. The average molecular weight is 260 g/mol. The molecule has 0 saturated carbocycles. The largest absolute Gasteiger partial charge is 0.360 e. The number of nitrogens with zero attached hydrogens (tertiary/aromatic N) is 1. The third-order valence-corrected chi connectivity index (χ3v) is 3.14. The lowest BCUT2D eigenvalue weighted by Crippen LogP contribution is -2.10. The first-order valence-corrected chi connectivity index (χ1v) is 5.87. The summed E-state index contributed by atoms with van der Waals surface area (Å²) in [6, 6.07) is 8.38. The number of halogens is 2. The summed E-state index contributed by atoms with van der Waals surface area (Å²) < 4.78 is 13.5. The summed E-state index contributed by atoms with van der Waals surface area (Å²) in [4.78, 5) is 4.28. The van der Waals surface area contributed by atoms with Crippen molar-refractivity contribution in [2.75, 3.05) is 5.32 Å². The molecule has 1 radical (unpaired) electrons. The fourth-order valence-corrected chi connectivity index (χ4v) is 2.32. The number of nitrogens with one attached hydrogen (secondary N) is 1. The van der Waals surface area contributed by atoms with Crippen molar-refractivity contribution in [2.24, 2.45) is 0 Å². The molecular formula is C14H9ClFN2. The molecule has 0 aliphatic carbocycles. The van der Waals surface area contributed by atoms with Crippen LogP contribution in [0.15, 0.2) is 42.7 Å². The molecule has 0 saturated heterocycles. The summed E-state index contributed by atoms with van der Waals surface area (Å²) in [5, 5.41) is 3.36. The van der Waals surface area contributed by atoms with Gasteiger partial charge in [-0.1, -0.05) is 17.7 Å². The molecule has 2 heterocycles. The highest BCUT2D eigenvalue weighted by molar-refractivity contribution is 6.33. The molecule has 4 heteroatoms. The zero-order chi connectivity index (χ0) is 12.5. The number of rotatable bonds is 1. The Labute approximate surface area is 109 Å². The first-order chi connectivity index (χ1) is 8.75. The van der Waals surface area contributed by atoms with Crippen LogP contribution in [-0.2, 0) is 0 Å². The van der Waals surface area contributed by atoms with Crippen molar-refractivity contribution in [3.63, 3.8) is 0 Å². The van der Waals surface area contributed by atoms with E-state index in [2.05, 4.69) is 16.4 Å². The third kappa shape index (κ3) is 1.87. The summed E-state index contributed by atoms with van der Waals surface area (Å²) in [6.07, 6.45) is 6.52. The molecule has 1 N–H and O–H groups in total. The van der Waals surface area contributed by atoms with Crippen LogP contribution in [0.5, 0.6) is 0 Å². The first kappa shape index (κ1) is 11.2. The molecule has 0 fully saturated rings. The van der Waals surface area contributed by atoms with E-state index in [4.69, 9.17) is 11.6 Å². The zero-order valence-corrected chi connectivity index (χ0v) is 10.1. The lowest BCUT2D eigenvalue weighted by molar-refractivity contribution is 0.625. The maximum atomic E-state index is 13.5. The molecule has 0 amide bonds. The number of fused-ring (bicyclic) bond motifs is 1. The van der Waals surface area contributed by atoms with Crippen molar-refractivity contribution >= 4 is 17.3 Å². The lowest BCUT2D eigenvalue weighted by atomic mass is 9.91. The molecule has 2 aromatic rings. The van der Waals surface area contributed by atoms with E-state index in [-0.39, 0.29) is 11.7 Å². The van der Waals surface area contributed by atoms with Gasteiger partial charge in [0.1, 0.15) is 5.82 Å². The Morgan fingerprint density at radius 2 is 2.22 bits per heavy atom. The zero-order valence-electron chi connectivity index (χ0n) is 9.32. The van der Waals surface area contributed by atoms with Gasteiger partial charge < -0.3 is 5.32 Å². The summed E-state index contributed by atoms with van der Waals surface area (Å²) in [7, 11) is 0. The lowest BCUT2D eigenvalue weighted by Gasteiger charge is -2.21. The molecule has 1 atom stereocenters. The summed E-state index contributed by atoms with van der Waals surface area (Å²) in [5.74, 6) is -0.555. The van der Waals surface area contributed by atoms with Crippen LogP contribution in [0.4, 0.5) is 10.1 Å². The van der Waals surface area contributed by atoms with Crippen LogP contribution in [0.3, 0.4) is 0 Å². The smallest absolute Gasteiger partial charge is 0.125 e. The van der Waals surface area contributed by atoms with Crippen LogP contribution in [0.1, 0.15) is 17.2 Å². The molecule has 1 unspecified atom stereocenters. The van der Waals surface area contributed by atoms with E-state index in [1.54, 1.807) is 12.4 Å². The van der Waals surface area contributed by atoms with Gasteiger partial charge in [-0.3, -0.25) is 4.98 Å². The highest BCUT2D eigenvalue weighted by Gasteiger charge is 2.22. The molecule has 89 valence electrons. The van der Waals surface area contributed by atoms with E-state index < -0.39 is 0 Å². The van der Waals surface area contributed by atoms with E-state index in [1.807, 2.05) is 18.2 Å². The van der Waals surface area contributed by atoms with Crippen molar-refractivity contribution in [1.29, 1.82) is 0 Å². The second kappa shape index (κ2) is 4.42. The number of aromatic nitrogens is 1. The normalized spacial score (nSPS) is 17.1. The predicted molar refractivity (Wildman–Crippen MR) is 68.9 cm³/mol. The standard InChI is InChI=1S/C14H9ClFN2/c15-12-8-9(16)7-11-10(4-6-18-14(11)12)13-3-1-2-5-17-13/h1-3,5-8,10,18H. The molecule has 0 bridgehead atoms. The van der Waals surface area contributed by atoms with Crippen LogP contribution in [-0.4, -0.2) is 4.98 Å². The van der Waals surface area contributed by atoms with Crippen LogP contribution >= 0.6 is 11.6 Å². The highest BCUT2D eigenvalue weighted by atomic mass is 35.5. The second-order valence-corrected chi connectivity index (χ2v) is 4.40. The predicted octanol–water partition coefficient (Wildman–Crippen LogP) is 3.75. The molecule has 1 aromatic heterocycles. The Morgan fingerprint density at radius 1 is 1.33 bits per heavy atom. The minimum atomic E-state index is -0.356. The second-order valence-electron chi connectivity index (χ2n) is 3.99. The van der Waals surface area contributed by atoms with Gasteiger partial charge in [-0.15, -0.1) is 0 Å². The van der Waals surface area contributed by atoms with Gasteiger partial charge >= 0.3 is 0 Å². The number of pyridine rings is 1. The Morgan fingerprint density at radius 3 is 3.00 bits per heavy atom. The van der Waals surface area contributed by atoms with Gasteiger partial charge in [0.2, 0.25) is 0 Å². The average Bonchev–Trinajstić information content (AvgIpc) is 2.39. The van der Waals surface area contributed by atoms with Crippen molar-refractivity contribution in [1.82, 2.24) is 4.98 Å². The van der Waals surface area contributed by atoms with Gasteiger partial charge in [-0.25, -0.2) is 4.39 Å². The van der Waals surface area contributed by atoms with Crippen molar-refractivity contribution in [2.45, 2.75) is 5.92 Å². The number of allylic oxidation sites excluding steroid dienone is 1. The Hall–Kier alpha value is -1.87. The molecule has 1 aliphatic rings. The minimum Gasteiger partial charge on any atom is -0.360 e. The molecule has 1 aliphatic heterocycles. The highest BCUT2D eigenvalue weighted by Crippen LogP contribution is 2.38. The van der Waals surface area contributed by atoms with E-state index in [0.717, 1.165) is 11.3 Å². The maximum Gasteiger partial charge on any atom is 0.125 e. The van der Waals surface area contributed by atoms with Crippen LogP contribution in [0.25, 0.3) is 0 Å². The fraction of sp³-hybridized carbons (Fsp3) is 0.0714. The number of hydrogen-bond acceptors (Lipinski definition) is 2. The van der Waals surface area contributed by atoms with E-state index in [1.165, 1.54) is 12.1 Å².